The number of hydrogen-bond acceptors (Lipinski definition) is 2. The molecule has 1 saturated heterocycles. The summed E-state index contributed by atoms with van der Waals surface area (Å²) < 4.78 is 0. The second-order valence-electron chi connectivity index (χ2n) is 7.43. The number of nitrogens with zero attached hydrogens (tertiary/aromatic N) is 2. The third-order valence-corrected chi connectivity index (χ3v) is 5.26. The van der Waals surface area contributed by atoms with E-state index in [1.165, 1.54) is 11.1 Å². The van der Waals surface area contributed by atoms with Gasteiger partial charge in [0.1, 0.15) is 0 Å². The van der Waals surface area contributed by atoms with E-state index in [1.54, 1.807) is 0 Å². The summed E-state index contributed by atoms with van der Waals surface area (Å²) in [5.74, 6) is 0. The maximum Gasteiger partial charge on any atom is 0.0479 e. The fourth-order valence-corrected chi connectivity index (χ4v) is 3.95. The average Bonchev–Trinajstić information content (AvgIpc) is 2.62. The van der Waals surface area contributed by atoms with Crippen LogP contribution in [0.2, 0.25) is 0 Å². The van der Waals surface area contributed by atoms with Crippen LogP contribution in [0.4, 0.5) is 0 Å². The molecular weight excluding hydrogens is 292 g/mol. The van der Waals surface area contributed by atoms with Crippen molar-refractivity contribution in [3.8, 4) is 0 Å². The van der Waals surface area contributed by atoms with Gasteiger partial charge in [0.2, 0.25) is 0 Å². The SMILES string of the molecule is CC(C)N1C[C@@H](c2ccccc2)N(C(C)C)C[C@H]1c1ccccc1. The summed E-state index contributed by atoms with van der Waals surface area (Å²) >= 11 is 0. The van der Waals surface area contributed by atoms with Crippen LogP contribution < -0.4 is 0 Å². The molecule has 3 rings (SSSR count). The van der Waals surface area contributed by atoms with Gasteiger partial charge >= 0.3 is 0 Å². The van der Waals surface area contributed by atoms with Crippen molar-refractivity contribution in [1.82, 2.24) is 9.80 Å². The molecule has 0 amide bonds. The standard InChI is InChI=1S/C22H30N2/c1-17(2)23-15-22(20-13-9-6-10-14-20)24(18(3)4)16-21(23)19-11-7-5-8-12-19/h5-14,17-18,21-22H,15-16H2,1-4H3/t21-,22-/m0/s1. The van der Waals surface area contributed by atoms with E-state index < -0.39 is 0 Å². The molecule has 0 radical (unpaired) electrons. The zero-order chi connectivity index (χ0) is 17.1. The van der Waals surface area contributed by atoms with E-state index in [2.05, 4.69) is 98.2 Å². The highest BCUT2D eigenvalue weighted by atomic mass is 15.3. The smallest absolute Gasteiger partial charge is 0.0479 e. The molecule has 0 unspecified atom stereocenters. The molecule has 2 atom stereocenters. The lowest BCUT2D eigenvalue weighted by atomic mass is 9.93. The van der Waals surface area contributed by atoms with Crippen LogP contribution in [0.25, 0.3) is 0 Å². The second-order valence-corrected chi connectivity index (χ2v) is 7.43. The number of rotatable bonds is 4. The first kappa shape index (κ1) is 17.2. The lowest BCUT2D eigenvalue weighted by molar-refractivity contribution is -0.00855. The van der Waals surface area contributed by atoms with Crippen molar-refractivity contribution in [2.24, 2.45) is 0 Å². The van der Waals surface area contributed by atoms with Crippen LogP contribution in [-0.4, -0.2) is 35.0 Å². The Morgan fingerprint density at radius 3 is 1.25 bits per heavy atom. The van der Waals surface area contributed by atoms with Crippen LogP contribution in [0.3, 0.4) is 0 Å². The van der Waals surface area contributed by atoms with Gasteiger partial charge < -0.3 is 0 Å². The zero-order valence-electron chi connectivity index (χ0n) is 15.4. The van der Waals surface area contributed by atoms with Gasteiger partial charge in [-0.15, -0.1) is 0 Å². The van der Waals surface area contributed by atoms with Gasteiger partial charge in [-0.2, -0.15) is 0 Å². The molecular formula is C22H30N2. The van der Waals surface area contributed by atoms with Gasteiger partial charge in [-0.3, -0.25) is 9.80 Å². The summed E-state index contributed by atoms with van der Waals surface area (Å²) in [6, 6.07) is 24.0. The normalized spacial score (nSPS) is 23.1. The van der Waals surface area contributed by atoms with Crippen molar-refractivity contribution in [2.75, 3.05) is 13.1 Å². The summed E-state index contributed by atoms with van der Waals surface area (Å²) in [6.45, 7) is 11.5. The molecule has 1 aliphatic heterocycles. The first-order chi connectivity index (χ1) is 11.6. The summed E-state index contributed by atoms with van der Waals surface area (Å²) in [6.07, 6.45) is 0. The van der Waals surface area contributed by atoms with E-state index in [0.717, 1.165) is 13.1 Å². The Balaban J connectivity index is 1.95. The minimum absolute atomic E-state index is 0.466. The fourth-order valence-electron chi connectivity index (χ4n) is 3.95. The molecule has 2 heteroatoms. The lowest BCUT2D eigenvalue weighted by Crippen LogP contribution is -2.54. The van der Waals surface area contributed by atoms with Gasteiger partial charge in [-0.05, 0) is 38.8 Å². The van der Waals surface area contributed by atoms with Gasteiger partial charge in [0.15, 0.2) is 0 Å². The number of piperazine rings is 1. The molecule has 1 heterocycles. The third kappa shape index (κ3) is 3.55. The molecule has 0 aliphatic carbocycles. The Labute approximate surface area is 147 Å². The molecule has 128 valence electrons. The molecule has 1 fully saturated rings. The topological polar surface area (TPSA) is 6.48 Å². The summed E-state index contributed by atoms with van der Waals surface area (Å²) in [5.41, 5.74) is 2.87. The molecule has 0 bridgehead atoms. The highest BCUT2D eigenvalue weighted by Gasteiger charge is 2.37. The van der Waals surface area contributed by atoms with Gasteiger partial charge in [-0.1, -0.05) is 60.7 Å². The molecule has 0 aromatic heterocycles. The van der Waals surface area contributed by atoms with Crippen LogP contribution >= 0.6 is 0 Å². The molecule has 0 N–H and O–H groups in total. The number of hydrogen-bond donors (Lipinski definition) is 0. The second kappa shape index (κ2) is 7.50. The highest BCUT2D eigenvalue weighted by Crippen LogP contribution is 2.36. The van der Waals surface area contributed by atoms with Crippen molar-refractivity contribution >= 4 is 0 Å². The Morgan fingerprint density at radius 1 is 0.625 bits per heavy atom. The molecule has 2 nitrogen and oxygen atoms in total. The van der Waals surface area contributed by atoms with Crippen LogP contribution in [0.15, 0.2) is 60.7 Å². The quantitative estimate of drug-likeness (QED) is 0.789. The van der Waals surface area contributed by atoms with E-state index in [1.807, 2.05) is 0 Å². The summed E-state index contributed by atoms with van der Waals surface area (Å²) in [4.78, 5) is 5.35. The summed E-state index contributed by atoms with van der Waals surface area (Å²) in [5, 5.41) is 0. The van der Waals surface area contributed by atoms with Crippen LogP contribution in [0.1, 0.15) is 50.9 Å². The summed E-state index contributed by atoms with van der Waals surface area (Å²) in [7, 11) is 0. The molecule has 0 saturated carbocycles. The van der Waals surface area contributed by atoms with Gasteiger partial charge in [0.05, 0.1) is 0 Å². The predicted octanol–water partition coefficient (Wildman–Crippen LogP) is 4.90. The first-order valence-electron chi connectivity index (χ1n) is 9.19. The van der Waals surface area contributed by atoms with Gasteiger partial charge in [0, 0.05) is 37.3 Å². The molecule has 24 heavy (non-hydrogen) atoms. The van der Waals surface area contributed by atoms with Crippen LogP contribution in [0.5, 0.6) is 0 Å². The molecule has 2 aromatic carbocycles. The molecule has 2 aromatic rings. The van der Waals surface area contributed by atoms with Crippen molar-refractivity contribution < 1.29 is 0 Å². The number of benzene rings is 2. The van der Waals surface area contributed by atoms with Crippen molar-refractivity contribution in [1.29, 1.82) is 0 Å². The lowest BCUT2D eigenvalue weighted by Gasteiger charge is -2.50. The van der Waals surface area contributed by atoms with Crippen LogP contribution in [0, 0.1) is 0 Å². The first-order valence-corrected chi connectivity index (χ1v) is 9.19. The third-order valence-electron chi connectivity index (χ3n) is 5.26. The van der Waals surface area contributed by atoms with Crippen molar-refractivity contribution in [2.45, 2.75) is 51.9 Å². The Morgan fingerprint density at radius 2 is 0.958 bits per heavy atom. The van der Waals surface area contributed by atoms with E-state index in [-0.39, 0.29) is 0 Å². The fraction of sp³-hybridized carbons (Fsp3) is 0.455. The average molecular weight is 322 g/mol. The Hall–Kier alpha value is -1.64. The monoisotopic (exact) mass is 322 g/mol. The van der Waals surface area contributed by atoms with Crippen LogP contribution in [-0.2, 0) is 0 Å². The molecule has 1 aliphatic rings. The minimum atomic E-state index is 0.466. The maximum absolute atomic E-state index is 2.67. The van der Waals surface area contributed by atoms with Crippen molar-refractivity contribution in [3.63, 3.8) is 0 Å². The maximum atomic E-state index is 2.67. The zero-order valence-corrected chi connectivity index (χ0v) is 15.4. The van der Waals surface area contributed by atoms with Crippen molar-refractivity contribution in [3.05, 3.63) is 71.8 Å². The van der Waals surface area contributed by atoms with E-state index in [4.69, 9.17) is 0 Å². The van der Waals surface area contributed by atoms with E-state index in [0.29, 0.717) is 24.2 Å². The Kier molecular flexibility index (Phi) is 5.37. The van der Waals surface area contributed by atoms with Gasteiger partial charge in [0.25, 0.3) is 0 Å². The minimum Gasteiger partial charge on any atom is -0.291 e. The predicted molar refractivity (Wildman–Crippen MR) is 102 cm³/mol. The van der Waals surface area contributed by atoms with E-state index in [9.17, 15) is 0 Å². The largest absolute Gasteiger partial charge is 0.291 e. The Bertz CT molecular complexity index is 563. The van der Waals surface area contributed by atoms with E-state index >= 15 is 0 Å². The molecule has 0 spiro atoms. The highest BCUT2D eigenvalue weighted by molar-refractivity contribution is 5.24. The van der Waals surface area contributed by atoms with Gasteiger partial charge in [-0.25, -0.2) is 0 Å².